The summed E-state index contributed by atoms with van der Waals surface area (Å²) in [6.45, 7) is 2.08. The molecule has 0 bridgehead atoms. The molecule has 0 radical (unpaired) electrons. The Morgan fingerprint density at radius 1 is 1.47 bits per heavy atom. The summed E-state index contributed by atoms with van der Waals surface area (Å²) in [4.78, 5) is 10.8. The van der Waals surface area contributed by atoms with E-state index in [0.29, 0.717) is 0 Å². The van der Waals surface area contributed by atoms with E-state index >= 15 is 0 Å². The van der Waals surface area contributed by atoms with Crippen molar-refractivity contribution in [1.82, 2.24) is 0 Å². The van der Waals surface area contributed by atoms with Gasteiger partial charge in [0.1, 0.15) is 0 Å². The fourth-order valence-electron chi connectivity index (χ4n) is 1.05. The first-order valence-corrected chi connectivity index (χ1v) is 4.87. The van der Waals surface area contributed by atoms with Crippen LogP contribution in [0.1, 0.15) is 12.5 Å². The molecule has 0 saturated heterocycles. The Morgan fingerprint density at radius 3 is 2.67 bits per heavy atom. The largest absolute Gasteiger partial charge is 0.324 e. The van der Waals surface area contributed by atoms with E-state index < -0.39 is 0 Å². The predicted molar refractivity (Wildman–Crippen MR) is 62.0 cm³/mol. The molecule has 0 unspecified atom stereocenters. The normalized spacial score (nSPS) is 10.5. The zero-order chi connectivity index (χ0) is 11.1. The van der Waals surface area contributed by atoms with Crippen LogP contribution in [0.5, 0.6) is 0 Å². The lowest BCUT2D eigenvalue weighted by Crippen LogP contribution is -2.14. The highest BCUT2D eigenvalue weighted by Gasteiger charge is 1.92. The molecule has 0 fully saturated rings. The molecule has 0 atom stereocenters. The minimum Gasteiger partial charge on any atom is -0.324 e. The molecule has 0 aliphatic rings. The SMILES string of the molecule is CCc1ccc(NN=CC(=O)CN)cc1. The molecule has 1 rings (SSSR count). The number of nitrogens with zero attached hydrogens (tertiary/aromatic N) is 1. The Bertz CT molecular complexity index is 343. The van der Waals surface area contributed by atoms with Crippen molar-refractivity contribution in [1.29, 1.82) is 0 Å². The first-order chi connectivity index (χ1) is 7.26. The molecule has 0 aliphatic carbocycles. The second-order valence-electron chi connectivity index (χ2n) is 3.09. The van der Waals surface area contributed by atoms with Crippen LogP contribution in [0.2, 0.25) is 0 Å². The highest BCUT2D eigenvalue weighted by molar-refractivity contribution is 6.28. The summed E-state index contributed by atoms with van der Waals surface area (Å²) in [6.07, 6.45) is 2.20. The Kier molecular flexibility index (Phi) is 4.50. The summed E-state index contributed by atoms with van der Waals surface area (Å²) >= 11 is 0. The van der Waals surface area contributed by atoms with Crippen LogP contribution in [-0.2, 0) is 11.2 Å². The summed E-state index contributed by atoms with van der Waals surface area (Å²) in [5, 5.41) is 3.76. The van der Waals surface area contributed by atoms with Crippen molar-refractivity contribution < 1.29 is 4.79 Å². The van der Waals surface area contributed by atoms with E-state index in [-0.39, 0.29) is 12.3 Å². The molecule has 15 heavy (non-hydrogen) atoms. The number of hydrazone groups is 1. The Balaban J connectivity index is 2.51. The molecule has 0 aliphatic heterocycles. The maximum absolute atomic E-state index is 10.8. The van der Waals surface area contributed by atoms with E-state index in [0.717, 1.165) is 12.1 Å². The summed E-state index contributed by atoms with van der Waals surface area (Å²) in [5.41, 5.74) is 10.00. The molecule has 4 nitrogen and oxygen atoms in total. The van der Waals surface area contributed by atoms with Gasteiger partial charge >= 0.3 is 0 Å². The minimum atomic E-state index is -0.201. The maximum atomic E-state index is 10.8. The van der Waals surface area contributed by atoms with Crippen LogP contribution in [0.3, 0.4) is 0 Å². The van der Waals surface area contributed by atoms with Gasteiger partial charge in [0.2, 0.25) is 0 Å². The number of ketones is 1. The molecule has 4 heteroatoms. The third-order valence-corrected chi connectivity index (χ3v) is 1.97. The highest BCUT2D eigenvalue weighted by Crippen LogP contribution is 2.09. The van der Waals surface area contributed by atoms with Gasteiger partial charge < -0.3 is 5.73 Å². The number of hydrogen-bond acceptors (Lipinski definition) is 4. The molecule has 0 aromatic heterocycles. The lowest BCUT2D eigenvalue weighted by atomic mass is 10.2. The minimum absolute atomic E-state index is 0.0139. The molecule has 1 aromatic carbocycles. The molecule has 3 N–H and O–H groups in total. The average molecular weight is 205 g/mol. The van der Waals surface area contributed by atoms with Gasteiger partial charge in [-0.05, 0) is 24.1 Å². The Hall–Kier alpha value is -1.68. The molecule has 0 heterocycles. The van der Waals surface area contributed by atoms with Crippen LogP contribution in [-0.4, -0.2) is 18.5 Å². The van der Waals surface area contributed by atoms with Crippen LogP contribution < -0.4 is 11.2 Å². The zero-order valence-corrected chi connectivity index (χ0v) is 8.73. The average Bonchev–Trinajstić information content (AvgIpc) is 2.29. The first kappa shape index (κ1) is 11.4. The lowest BCUT2D eigenvalue weighted by Gasteiger charge is -2.00. The number of Topliss-reactive ketones (excluding diaryl/α,β-unsaturated/α-hetero) is 1. The van der Waals surface area contributed by atoms with Gasteiger partial charge in [-0.3, -0.25) is 10.2 Å². The highest BCUT2D eigenvalue weighted by atomic mass is 16.1. The number of nitrogens with one attached hydrogen (secondary N) is 1. The number of anilines is 1. The molecule has 80 valence electrons. The van der Waals surface area contributed by atoms with Crippen molar-refractivity contribution in [2.45, 2.75) is 13.3 Å². The monoisotopic (exact) mass is 205 g/mol. The number of benzene rings is 1. The van der Waals surface area contributed by atoms with Crippen molar-refractivity contribution in [3.05, 3.63) is 29.8 Å². The number of rotatable bonds is 5. The van der Waals surface area contributed by atoms with Crippen molar-refractivity contribution >= 4 is 17.7 Å². The quantitative estimate of drug-likeness (QED) is 0.560. The van der Waals surface area contributed by atoms with Gasteiger partial charge in [0.05, 0.1) is 18.4 Å². The molecular weight excluding hydrogens is 190 g/mol. The number of nitrogens with two attached hydrogens (primary N) is 1. The van der Waals surface area contributed by atoms with Gasteiger partial charge in [-0.2, -0.15) is 5.10 Å². The summed E-state index contributed by atoms with van der Waals surface area (Å²) < 4.78 is 0. The smallest absolute Gasteiger partial charge is 0.189 e. The topological polar surface area (TPSA) is 67.5 Å². The van der Waals surface area contributed by atoms with E-state index in [1.807, 2.05) is 24.3 Å². The molecule has 1 aromatic rings. The van der Waals surface area contributed by atoms with Crippen LogP contribution in [0.15, 0.2) is 29.4 Å². The fourth-order valence-corrected chi connectivity index (χ4v) is 1.05. The van der Waals surface area contributed by atoms with Gasteiger partial charge in [0.25, 0.3) is 0 Å². The standard InChI is InChI=1S/C11H15N3O/c1-2-9-3-5-10(6-4-9)14-13-8-11(15)7-12/h3-6,8,14H,2,7,12H2,1H3. The summed E-state index contributed by atoms with van der Waals surface area (Å²) in [5.74, 6) is -0.201. The van der Waals surface area contributed by atoms with E-state index in [4.69, 9.17) is 5.73 Å². The number of carbonyl (C=O) groups excluding carboxylic acids is 1. The fraction of sp³-hybridized carbons (Fsp3) is 0.273. The van der Waals surface area contributed by atoms with Crippen molar-refractivity contribution in [3.8, 4) is 0 Å². The molecule has 0 spiro atoms. The van der Waals surface area contributed by atoms with Gasteiger partial charge in [0.15, 0.2) is 5.78 Å². The van der Waals surface area contributed by atoms with Crippen LogP contribution in [0.4, 0.5) is 5.69 Å². The zero-order valence-electron chi connectivity index (χ0n) is 8.73. The van der Waals surface area contributed by atoms with Crippen LogP contribution in [0, 0.1) is 0 Å². The van der Waals surface area contributed by atoms with Crippen LogP contribution in [0.25, 0.3) is 0 Å². The Labute approximate surface area is 89.2 Å². The van der Waals surface area contributed by atoms with Crippen molar-refractivity contribution in [3.63, 3.8) is 0 Å². The van der Waals surface area contributed by atoms with Gasteiger partial charge in [-0.1, -0.05) is 19.1 Å². The number of aryl methyl sites for hydroxylation is 1. The van der Waals surface area contributed by atoms with Crippen LogP contribution >= 0.6 is 0 Å². The Morgan fingerprint density at radius 2 is 2.13 bits per heavy atom. The number of carbonyl (C=O) groups is 1. The molecule has 0 amide bonds. The third kappa shape index (κ3) is 3.91. The second kappa shape index (κ2) is 5.93. The van der Waals surface area contributed by atoms with E-state index in [2.05, 4.69) is 17.5 Å². The lowest BCUT2D eigenvalue weighted by molar-refractivity contribution is -0.111. The number of hydrogen-bond donors (Lipinski definition) is 2. The third-order valence-electron chi connectivity index (χ3n) is 1.97. The molecule has 0 saturated carbocycles. The van der Waals surface area contributed by atoms with Gasteiger partial charge in [-0.25, -0.2) is 0 Å². The maximum Gasteiger partial charge on any atom is 0.189 e. The predicted octanol–water partition coefficient (Wildman–Crippen LogP) is 1.17. The molecular formula is C11H15N3O. The summed E-state index contributed by atoms with van der Waals surface area (Å²) in [7, 11) is 0. The van der Waals surface area contributed by atoms with Crippen molar-refractivity contribution in [2.24, 2.45) is 10.8 Å². The first-order valence-electron chi connectivity index (χ1n) is 4.87. The van der Waals surface area contributed by atoms with Crippen molar-refractivity contribution in [2.75, 3.05) is 12.0 Å². The second-order valence-corrected chi connectivity index (χ2v) is 3.09. The summed E-state index contributed by atoms with van der Waals surface area (Å²) in [6, 6.07) is 7.87. The van der Waals surface area contributed by atoms with E-state index in [1.54, 1.807) is 0 Å². The van der Waals surface area contributed by atoms with Gasteiger partial charge in [0, 0.05) is 0 Å². The van der Waals surface area contributed by atoms with Gasteiger partial charge in [-0.15, -0.1) is 0 Å². The van der Waals surface area contributed by atoms with E-state index in [9.17, 15) is 4.79 Å². The van der Waals surface area contributed by atoms with E-state index in [1.165, 1.54) is 11.8 Å².